The minimum Gasteiger partial charge on any atom is -0.313 e. The monoisotopic (exact) mass is 154 g/mol. The van der Waals surface area contributed by atoms with Crippen molar-refractivity contribution in [1.29, 1.82) is 0 Å². The third-order valence-corrected chi connectivity index (χ3v) is 3.00. The zero-order chi connectivity index (χ0) is 7.90. The summed E-state index contributed by atoms with van der Waals surface area (Å²) >= 11 is 0. The number of hydrogen-bond donors (Lipinski definition) is 2. The molecular formula is C9H18N2. The van der Waals surface area contributed by atoms with Crippen molar-refractivity contribution >= 4 is 0 Å². The quantitative estimate of drug-likeness (QED) is 0.582. The van der Waals surface area contributed by atoms with Crippen molar-refractivity contribution in [2.45, 2.75) is 38.3 Å². The summed E-state index contributed by atoms with van der Waals surface area (Å²) in [5.74, 6) is 0.942. The van der Waals surface area contributed by atoms with Gasteiger partial charge in [0, 0.05) is 24.7 Å². The highest BCUT2D eigenvalue weighted by Crippen LogP contribution is 2.40. The van der Waals surface area contributed by atoms with Gasteiger partial charge >= 0.3 is 0 Å². The summed E-state index contributed by atoms with van der Waals surface area (Å²) in [5, 5.41) is 7.18. The fourth-order valence-corrected chi connectivity index (χ4v) is 2.20. The third kappa shape index (κ3) is 1.42. The Morgan fingerprint density at radius 2 is 2.09 bits per heavy atom. The lowest BCUT2D eigenvalue weighted by molar-refractivity contribution is 0.223. The summed E-state index contributed by atoms with van der Waals surface area (Å²) < 4.78 is 0. The van der Waals surface area contributed by atoms with Crippen LogP contribution >= 0.6 is 0 Å². The second kappa shape index (κ2) is 2.46. The molecule has 2 atom stereocenters. The van der Waals surface area contributed by atoms with Gasteiger partial charge < -0.3 is 10.6 Å². The van der Waals surface area contributed by atoms with Crippen LogP contribution in [0.15, 0.2) is 0 Å². The van der Waals surface area contributed by atoms with E-state index in [4.69, 9.17) is 0 Å². The maximum atomic E-state index is 3.69. The van der Waals surface area contributed by atoms with Crippen molar-refractivity contribution in [1.82, 2.24) is 10.6 Å². The van der Waals surface area contributed by atoms with Crippen LogP contribution in [0.25, 0.3) is 0 Å². The summed E-state index contributed by atoms with van der Waals surface area (Å²) in [6, 6.07) is 0.648. The Hall–Kier alpha value is -0.0800. The van der Waals surface area contributed by atoms with Crippen molar-refractivity contribution in [2.75, 3.05) is 13.1 Å². The number of hydrogen-bond acceptors (Lipinski definition) is 2. The maximum Gasteiger partial charge on any atom is 0.0309 e. The van der Waals surface area contributed by atoms with Crippen LogP contribution in [0.4, 0.5) is 0 Å². The van der Waals surface area contributed by atoms with Gasteiger partial charge in [-0.2, -0.15) is 0 Å². The van der Waals surface area contributed by atoms with Gasteiger partial charge in [0.25, 0.3) is 0 Å². The van der Waals surface area contributed by atoms with E-state index in [-0.39, 0.29) is 0 Å². The summed E-state index contributed by atoms with van der Waals surface area (Å²) in [6.07, 6.45) is 2.86. The molecule has 11 heavy (non-hydrogen) atoms. The van der Waals surface area contributed by atoms with Crippen LogP contribution in [-0.4, -0.2) is 24.7 Å². The van der Waals surface area contributed by atoms with Gasteiger partial charge in [-0.3, -0.25) is 0 Å². The molecule has 2 unspecified atom stereocenters. The van der Waals surface area contributed by atoms with Gasteiger partial charge in [-0.25, -0.2) is 0 Å². The average molecular weight is 154 g/mol. The first-order valence-electron chi connectivity index (χ1n) is 4.69. The third-order valence-electron chi connectivity index (χ3n) is 3.00. The average Bonchev–Trinajstić information content (AvgIpc) is 2.66. The molecule has 0 bridgehead atoms. The van der Waals surface area contributed by atoms with E-state index in [2.05, 4.69) is 24.5 Å². The lowest BCUT2D eigenvalue weighted by Crippen LogP contribution is -2.62. The van der Waals surface area contributed by atoms with Gasteiger partial charge in [-0.15, -0.1) is 0 Å². The molecule has 1 aliphatic carbocycles. The molecule has 2 aliphatic rings. The molecule has 1 aliphatic heterocycles. The summed E-state index contributed by atoms with van der Waals surface area (Å²) in [4.78, 5) is 0. The van der Waals surface area contributed by atoms with Crippen LogP contribution in [-0.2, 0) is 0 Å². The summed E-state index contributed by atoms with van der Waals surface area (Å²) in [7, 11) is 0. The number of nitrogens with one attached hydrogen (secondary N) is 2. The van der Waals surface area contributed by atoms with E-state index < -0.39 is 0 Å². The Morgan fingerprint density at radius 1 is 1.36 bits per heavy atom. The molecule has 2 heteroatoms. The van der Waals surface area contributed by atoms with E-state index in [1.54, 1.807) is 0 Å². The largest absolute Gasteiger partial charge is 0.313 e. The molecule has 0 aromatic heterocycles. The molecule has 1 saturated carbocycles. The Kier molecular flexibility index (Phi) is 1.69. The van der Waals surface area contributed by atoms with Crippen LogP contribution in [0.5, 0.6) is 0 Å². The Morgan fingerprint density at radius 3 is 2.64 bits per heavy atom. The molecule has 1 saturated heterocycles. The van der Waals surface area contributed by atoms with Crippen molar-refractivity contribution in [3.8, 4) is 0 Å². The first-order chi connectivity index (χ1) is 5.21. The Balaban J connectivity index is 1.99. The highest BCUT2D eigenvalue weighted by molar-refractivity contribution is 5.02. The fourth-order valence-electron chi connectivity index (χ4n) is 2.20. The maximum absolute atomic E-state index is 3.69. The predicted octanol–water partition coefficient (Wildman–Crippen LogP) is 0.736. The van der Waals surface area contributed by atoms with Crippen LogP contribution in [0.1, 0.15) is 26.7 Å². The van der Waals surface area contributed by atoms with E-state index in [1.807, 2.05) is 0 Å². The molecule has 0 amide bonds. The molecular weight excluding hydrogens is 136 g/mol. The first kappa shape index (κ1) is 7.56. The van der Waals surface area contributed by atoms with E-state index in [0.717, 1.165) is 19.0 Å². The Bertz CT molecular complexity index is 154. The highest BCUT2D eigenvalue weighted by atomic mass is 15.1. The van der Waals surface area contributed by atoms with Gasteiger partial charge in [-0.05, 0) is 32.6 Å². The zero-order valence-corrected chi connectivity index (χ0v) is 7.48. The smallest absolute Gasteiger partial charge is 0.0309 e. The highest BCUT2D eigenvalue weighted by Gasteiger charge is 2.43. The van der Waals surface area contributed by atoms with E-state index in [0.29, 0.717) is 11.6 Å². The number of rotatable bonds is 1. The SMILES string of the molecule is CC1CNCC(C)(C2CC2)N1. The van der Waals surface area contributed by atoms with E-state index in [9.17, 15) is 0 Å². The second-order valence-corrected chi connectivity index (χ2v) is 4.37. The van der Waals surface area contributed by atoms with Crippen LogP contribution in [0.2, 0.25) is 0 Å². The van der Waals surface area contributed by atoms with Crippen molar-refractivity contribution < 1.29 is 0 Å². The summed E-state index contributed by atoms with van der Waals surface area (Å²) in [5.41, 5.74) is 0.400. The molecule has 0 spiro atoms. The molecule has 2 rings (SSSR count). The van der Waals surface area contributed by atoms with E-state index >= 15 is 0 Å². The fraction of sp³-hybridized carbons (Fsp3) is 1.00. The lowest BCUT2D eigenvalue weighted by atomic mass is 9.92. The van der Waals surface area contributed by atoms with Crippen LogP contribution in [0.3, 0.4) is 0 Å². The minimum absolute atomic E-state index is 0.400. The second-order valence-electron chi connectivity index (χ2n) is 4.37. The predicted molar refractivity (Wildman–Crippen MR) is 46.6 cm³/mol. The van der Waals surface area contributed by atoms with Crippen molar-refractivity contribution in [3.63, 3.8) is 0 Å². The minimum atomic E-state index is 0.400. The van der Waals surface area contributed by atoms with Gasteiger partial charge in [0.05, 0.1) is 0 Å². The zero-order valence-electron chi connectivity index (χ0n) is 7.48. The molecule has 2 N–H and O–H groups in total. The Labute approximate surface area is 68.7 Å². The molecule has 0 aromatic carbocycles. The molecule has 1 heterocycles. The van der Waals surface area contributed by atoms with Gasteiger partial charge in [0.2, 0.25) is 0 Å². The molecule has 0 aromatic rings. The number of piperazine rings is 1. The van der Waals surface area contributed by atoms with E-state index in [1.165, 1.54) is 12.8 Å². The van der Waals surface area contributed by atoms with Gasteiger partial charge in [0.15, 0.2) is 0 Å². The molecule has 0 radical (unpaired) electrons. The van der Waals surface area contributed by atoms with Crippen LogP contribution in [0, 0.1) is 5.92 Å². The topological polar surface area (TPSA) is 24.1 Å². The first-order valence-corrected chi connectivity index (χ1v) is 4.69. The van der Waals surface area contributed by atoms with Gasteiger partial charge in [0.1, 0.15) is 0 Å². The van der Waals surface area contributed by atoms with Crippen LogP contribution < -0.4 is 10.6 Å². The van der Waals surface area contributed by atoms with Gasteiger partial charge in [-0.1, -0.05) is 0 Å². The lowest BCUT2D eigenvalue weighted by Gasteiger charge is -2.39. The standard InChI is InChI=1S/C9H18N2/c1-7-5-10-6-9(2,11-7)8-3-4-8/h7-8,10-11H,3-6H2,1-2H3. The normalized spacial score (nSPS) is 45.8. The summed E-state index contributed by atoms with van der Waals surface area (Å²) in [6.45, 7) is 6.89. The van der Waals surface area contributed by atoms with Crippen molar-refractivity contribution in [2.24, 2.45) is 5.92 Å². The molecule has 2 fully saturated rings. The molecule has 64 valence electrons. The molecule has 2 nitrogen and oxygen atoms in total. The van der Waals surface area contributed by atoms with Crippen molar-refractivity contribution in [3.05, 3.63) is 0 Å².